The van der Waals surface area contributed by atoms with Crippen LogP contribution in [0.2, 0.25) is 0 Å². The minimum absolute atomic E-state index is 0.00308. The van der Waals surface area contributed by atoms with Gasteiger partial charge in [-0.3, -0.25) is 0 Å². The molecule has 0 bridgehead atoms. The Hall–Kier alpha value is -2.35. The highest BCUT2D eigenvalue weighted by Gasteiger charge is 2.38. The number of imidazole rings is 1. The van der Waals surface area contributed by atoms with Crippen molar-refractivity contribution in [1.82, 2.24) is 9.55 Å². The van der Waals surface area contributed by atoms with Crippen LogP contribution in [0.25, 0.3) is 0 Å². The molecule has 26 heavy (non-hydrogen) atoms. The lowest BCUT2D eigenvalue weighted by molar-refractivity contribution is 0.329. The second kappa shape index (κ2) is 8.35. The predicted octanol–water partition coefficient (Wildman–Crippen LogP) is 5.89. The molecule has 0 spiro atoms. The lowest BCUT2D eigenvalue weighted by atomic mass is 9.66. The van der Waals surface area contributed by atoms with E-state index in [1.807, 2.05) is 6.20 Å². The molecular formula is C24H30N2. The molecule has 0 fully saturated rings. The maximum Gasteiger partial charge on any atom is 0.112 e. The molecule has 0 aliphatic heterocycles. The van der Waals surface area contributed by atoms with E-state index in [1.54, 1.807) is 0 Å². The summed E-state index contributed by atoms with van der Waals surface area (Å²) >= 11 is 0. The molecule has 2 aromatic carbocycles. The van der Waals surface area contributed by atoms with Gasteiger partial charge >= 0.3 is 0 Å². The Morgan fingerprint density at radius 1 is 1.00 bits per heavy atom. The number of aryl methyl sites for hydroxylation is 1. The molecule has 0 radical (unpaired) electrons. The Kier molecular flexibility index (Phi) is 5.92. The molecule has 0 aliphatic carbocycles. The van der Waals surface area contributed by atoms with Crippen LogP contribution in [0.15, 0.2) is 73.1 Å². The smallest absolute Gasteiger partial charge is 0.112 e. The molecule has 2 atom stereocenters. The fraction of sp³-hybridized carbons (Fsp3) is 0.375. The minimum atomic E-state index is -0.00308. The quantitative estimate of drug-likeness (QED) is 0.497. The highest BCUT2D eigenvalue weighted by molar-refractivity contribution is 5.33. The van der Waals surface area contributed by atoms with Gasteiger partial charge in [0.25, 0.3) is 0 Å². The van der Waals surface area contributed by atoms with Crippen LogP contribution in [0.1, 0.15) is 56.0 Å². The number of hydrogen-bond donors (Lipinski definition) is 0. The van der Waals surface area contributed by atoms with Crippen molar-refractivity contribution in [3.05, 3.63) is 90.0 Å². The number of rotatable bonds is 8. The van der Waals surface area contributed by atoms with E-state index >= 15 is 0 Å². The third-order valence-electron chi connectivity index (χ3n) is 5.63. The first-order valence-electron chi connectivity index (χ1n) is 9.72. The van der Waals surface area contributed by atoms with Gasteiger partial charge in [0.05, 0.1) is 0 Å². The summed E-state index contributed by atoms with van der Waals surface area (Å²) in [5.41, 5.74) is 2.78. The van der Waals surface area contributed by atoms with Gasteiger partial charge in [-0.25, -0.2) is 4.98 Å². The molecule has 2 heteroatoms. The Morgan fingerprint density at radius 2 is 1.65 bits per heavy atom. The topological polar surface area (TPSA) is 17.8 Å². The predicted molar refractivity (Wildman–Crippen MR) is 109 cm³/mol. The summed E-state index contributed by atoms with van der Waals surface area (Å²) in [4.78, 5) is 4.77. The zero-order chi connectivity index (χ0) is 18.4. The number of hydrogen-bond acceptors (Lipinski definition) is 1. The first-order valence-corrected chi connectivity index (χ1v) is 9.72. The monoisotopic (exact) mass is 346 g/mol. The molecule has 1 heterocycles. The van der Waals surface area contributed by atoms with E-state index in [2.05, 4.69) is 92.3 Å². The summed E-state index contributed by atoms with van der Waals surface area (Å²) in [6, 6.07) is 21.9. The van der Waals surface area contributed by atoms with Crippen molar-refractivity contribution >= 4 is 0 Å². The van der Waals surface area contributed by atoms with Gasteiger partial charge in [-0.05, 0) is 24.0 Å². The van der Waals surface area contributed by atoms with Crippen LogP contribution in [0.3, 0.4) is 0 Å². The summed E-state index contributed by atoms with van der Waals surface area (Å²) in [6.07, 6.45) is 8.59. The highest BCUT2D eigenvalue weighted by Crippen LogP contribution is 2.43. The van der Waals surface area contributed by atoms with Crippen LogP contribution in [-0.2, 0) is 18.9 Å². The van der Waals surface area contributed by atoms with E-state index in [-0.39, 0.29) is 5.41 Å². The molecule has 0 saturated heterocycles. The number of nitrogens with zero attached hydrogens (tertiary/aromatic N) is 2. The zero-order valence-corrected chi connectivity index (χ0v) is 16.2. The maximum absolute atomic E-state index is 4.77. The molecule has 2 unspecified atom stereocenters. The van der Waals surface area contributed by atoms with E-state index in [1.165, 1.54) is 29.8 Å². The average Bonchev–Trinajstić information content (AvgIpc) is 3.09. The van der Waals surface area contributed by atoms with Gasteiger partial charge in [0.2, 0.25) is 0 Å². The molecule has 0 aliphatic rings. The van der Waals surface area contributed by atoms with E-state index in [0.717, 1.165) is 12.8 Å². The second-order valence-corrected chi connectivity index (χ2v) is 7.54. The summed E-state index contributed by atoms with van der Waals surface area (Å²) in [5, 5.41) is 0. The minimum Gasteiger partial charge on any atom is -0.338 e. The highest BCUT2D eigenvalue weighted by atomic mass is 15.0. The van der Waals surface area contributed by atoms with Gasteiger partial charge in [-0.15, -0.1) is 0 Å². The van der Waals surface area contributed by atoms with E-state index in [4.69, 9.17) is 4.98 Å². The molecule has 3 aromatic rings. The standard InChI is InChI=1S/C24H30N2/c1-4-5-16-22(23-25-17-18-26(23)3)24(2,21-14-10-7-11-15-21)19-20-12-8-6-9-13-20/h6-15,17-18,22H,4-5,16,19H2,1-3H3. The fourth-order valence-electron chi connectivity index (χ4n) is 4.12. The molecular weight excluding hydrogens is 316 g/mol. The van der Waals surface area contributed by atoms with E-state index < -0.39 is 0 Å². The SMILES string of the molecule is CCCCC(c1nccn1C)C(C)(Cc1ccccc1)c1ccccc1. The van der Waals surface area contributed by atoms with Crippen molar-refractivity contribution in [2.45, 2.75) is 50.9 Å². The van der Waals surface area contributed by atoms with Crippen molar-refractivity contribution < 1.29 is 0 Å². The van der Waals surface area contributed by atoms with Gasteiger partial charge in [0, 0.05) is 30.8 Å². The average molecular weight is 347 g/mol. The largest absolute Gasteiger partial charge is 0.338 e. The van der Waals surface area contributed by atoms with Gasteiger partial charge in [-0.2, -0.15) is 0 Å². The number of aromatic nitrogens is 2. The summed E-state index contributed by atoms with van der Waals surface area (Å²) in [6.45, 7) is 4.69. The van der Waals surface area contributed by atoms with E-state index in [0.29, 0.717) is 5.92 Å². The molecule has 0 saturated carbocycles. The van der Waals surface area contributed by atoms with Crippen molar-refractivity contribution in [2.24, 2.45) is 7.05 Å². The van der Waals surface area contributed by atoms with Crippen molar-refractivity contribution in [3.8, 4) is 0 Å². The van der Waals surface area contributed by atoms with Crippen molar-refractivity contribution in [2.75, 3.05) is 0 Å². The van der Waals surface area contributed by atoms with Crippen LogP contribution in [0.4, 0.5) is 0 Å². The number of benzene rings is 2. The lowest BCUT2D eigenvalue weighted by Gasteiger charge is -2.38. The summed E-state index contributed by atoms with van der Waals surface area (Å²) in [5.74, 6) is 1.57. The van der Waals surface area contributed by atoms with Gasteiger partial charge in [0.1, 0.15) is 5.82 Å². The van der Waals surface area contributed by atoms with Crippen LogP contribution >= 0.6 is 0 Å². The second-order valence-electron chi connectivity index (χ2n) is 7.54. The van der Waals surface area contributed by atoms with E-state index in [9.17, 15) is 0 Å². The lowest BCUT2D eigenvalue weighted by Crippen LogP contribution is -2.34. The van der Waals surface area contributed by atoms with Gasteiger partial charge in [-0.1, -0.05) is 87.4 Å². The molecule has 3 rings (SSSR count). The molecule has 136 valence electrons. The van der Waals surface area contributed by atoms with Crippen molar-refractivity contribution in [3.63, 3.8) is 0 Å². The molecule has 0 N–H and O–H groups in total. The third kappa shape index (κ3) is 3.90. The summed E-state index contributed by atoms with van der Waals surface area (Å²) in [7, 11) is 2.12. The van der Waals surface area contributed by atoms with Gasteiger partial charge in [0.15, 0.2) is 0 Å². The Bertz CT molecular complexity index is 791. The maximum atomic E-state index is 4.77. The van der Waals surface area contributed by atoms with Crippen LogP contribution < -0.4 is 0 Å². The zero-order valence-electron chi connectivity index (χ0n) is 16.2. The Morgan fingerprint density at radius 3 is 2.23 bits per heavy atom. The van der Waals surface area contributed by atoms with Crippen LogP contribution in [-0.4, -0.2) is 9.55 Å². The van der Waals surface area contributed by atoms with Crippen LogP contribution in [0, 0.1) is 0 Å². The Labute approximate surface area is 157 Å². The van der Waals surface area contributed by atoms with Crippen LogP contribution in [0.5, 0.6) is 0 Å². The number of unbranched alkanes of at least 4 members (excludes halogenated alkanes) is 1. The van der Waals surface area contributed by atoms with Gasteiger partial charge < -0.3 is 4.57 Å². The summed E-state index contributed by atoms with van der Waals surface area (Å²) < 4.78 is 2.20. The molecule has 2 nitrogen and oxygen atoms in total. The fourth-order valence-corrected chi connectivity index (χ4v) is 4.12. The molecule has 0 amide bonds. The third-order valence-corrected chi connectivity index (χ3v) is 5.63. The Balaban J connectivity index is 2.08. The molecule has 1 aromatic heterocycles. The first kappa shape index (κ1) is 18.4. The van der Waals surface area contributed by atoms with Crippen molar-refractivity contribution in [1.29, 1.82) is 0 Å². The normalized spacial score (nSPS) is 14.7. The first-order chi connectivity index (χ1) is 12.6.